The molecule has 6 heteroatoms. The molecule has 4 fully saturated rings. The van der Waals surface area contributed by atoms with Crippen molar-refractivity contribution in [1.82, 2.24) is 5.32 Å². The highest BCUT2D eigenvalue weighted by Gasteiger charge is 2.72. The monoisotopic (exact) mass is 319 g/mol. The second kappa shape index (κ2) is 4.63. The Morgan fingerprint density at radius 2 is 1.84 bits per heavy atom. The molecule has 0 amide bonds. The lowest BCUT2D eigenvalue weighted by molar-refractivity contribution is 0.189. The van der Waals surface area contributed by atoms with Gasteiger partial charge in [0.05, 0.1) is 5.75 Å². The Labute approximate surface area is 125 Å². The van der Waals surface area contributed by atoms with Gasteiger partial charge < -0.3 is 9.87 Å². The highest BCUT2D eigenvalue weighted by Crippen LogP contribution is 2.73. The fraction of sp³-hybridized carbons (Fsp3) is 1.00. The van der Waals surface area contributed by atoms with E-state index in [4.69, 9.17) is 0 Å². The van der Waals surface area contributed by atoms with Crippen molar-refractivity contribution in [3.8, 4) is 0 Å². The van der Waals surface area contributed by atoms with Crippen LogP contribution < -0.4 is 5.32 Å². The van der Waals surface area contributed by atoms with Gasteiger partial charge in [0.25, 0.3) is 0 Å². The number of hydrogen-bond acceptors (Lipinski definition) is 4. The minimum absolute atomic E-state index is 0.393. The maximum Gasteiger partial charge on any atom is 0.153 e. The summed E-state index contributed by atoms with van der Waals surface area (Å²) in [7, 11) is 2.03. The molecule has 10 unspecified atom stereocenters. The summed E-state index contributed by atoms with van der Waals surface area (Å²) in [6.07, 6.45) is 1.31. The zero-order valence-electron chi connectivity index (χ0n) is 11.2. The van der Waals surface area contributed by atoms with E-state index in [1.807, 2.05) is 7.05 Å². The van der Waals surface area contributed by atoms with Crippen molar-refractivity contribution in [3.05, 3.63) is 0 Å². The number of rotatable bonds is 4. The van der Waals surface area contributed by atoms with Crippen molar-refractivity contribution in [2.45, 2.75) is 40.4 Å². The van der Waals surface area contributed by atoms with Crippen LogP contribution in [0.2, 0.25) is 0 Å². The number of fused-ring (bicyclic) bond motifs is 7. The van der Waals surface area contributed by atoms with Crippen LogP contribution in [0.3, 0.4) is 0 Å². The standard InChI is InChI=1S/C13H21NO2S3/c1-3-5-7-8(13-11(5)18-13)10-6(4-19(15)16)9(14-2)12(7)17-10/h5-14H,3-4H2,1-2H3,(H,15,16). The SMILES string of the molecule is CCC1C2SC2C2C3SC(C(NC)C3CS(=O)O)C12. The van der Waals surface area contributed by atoms with Crippen molar-refractivity contribution in [3.63, 3.8) is 0 Å². The molecule has 1 saturated carbocycles. The van der Waals surface area contributed by atoms with Crippen LogP contribution >= 0.6 is 23.5 Å². The highest BCUT2D eigenvalue weighted by molar-refractivity contribution is 8.08. The molecular weight excluding hydrogens is 298 g/mol. The minimum Gasteiger partial charge on any atom is -0.316 e. The van der Waals surface area contributed by atoms with Gasteiger partial charge in [-0.3, -0.25) is 0 Å². The van der Waals surface area contributed by atoms with Crippen LogP contribution in [0.15, 0.2) is 0 Å². The number of thioether (sulfide) groups is 2. The molecule has 3 nitrogen and oxygen atoms in total. The molecule has 3 heterocycles. The first-order chi connectivity index (χ1) is 9.17. The Morgan fingerprint density at radius 3 is 2.47 bits per heavy atom. The zero-order valence-corrected chi connectivity index (χ0v) is 13.6. The average molecular weight is 320 g/mol. The maximum atomic E-state index is 11.3. The van der Waals surface area contributed by atoms with Crippen LogP contribution in [0.25, 0.3) is 0 Å². The van der Waals surface area contributed by atoms with E-state index in [1.54, 1.807) is 0 Å². The van der Waals surface area contributed by atoms with E-state index in [2.05, 4.69) is 35.8 Å². The van der Waals surface area contributed by atoms with Gasteiger partial charge in [0.2, 0.25) is 0 Å². The molecule has 2 N–H and O–H groups in total. The van der Waals surface area contributed by atoms with Crippen molar-refractivity contribution in [2.75, 3.05) is 12.8 Å². The van der Waals surface area contributed by atoms with E-state index in [0.29, 0.717) is 28.2 Å². The van der Waals surface area contributed by atoms with Crippen LogP contribution in [0, 0.1) is 23.7 Å². The Bertz CT molecular complexity index is 421. The van der Waals surface area contributed by atoms with Crippen molar-refractivity contribution in [1.29, 1.82) is 0 Å². The van der Waals surface area contributed by atoms with Crippen molar-refractivity contribution in [2.24, 2.45) is 23.7 Å². The van der Waals surface area contributed by atoms with Crippen LogP contribution in [-0.2, 0) is 11.1 Å². The highest BCUT2D eigenvalue weighted by atomic mass is 32.2. The summed E-state index contributed by atoms with van der Waals surface area (Å²) < 4.78 is 20.6. The number of nitrogens with one attached hydrogen (secondary N) is 1. The first-order valence-electron chi connectivity index (χ1n) is 7.23. The molecule has 19 heavy (non-hydrogen) atoms. The molecule has 0 aromatic carbocycles. The topological polar surface area (TPSA) is 49.3 Å². The summed E-state index contributed by atoms with van der Waals surface area (Å²) in [5, 5.41) is 6.58. The third-order valence-corrected chi connectivity index (χ3v) is 9.89. The van der Waals surface area contributed by atoms with Crippen molar-refractivity contribution >= 4 is 34.6 Å². The molecule has 1 aliphatic carbocycles. The third-order valence-electron chi connectivity index (χ3n) is 5.75. The molecule has 3 saturated heterocycles. The van der Waals surface area contributed by atoms with E-state index in [0.717, 1.165) is 28.3 Å². The van der Waals surface area contributed by atoms with Crippen LogP contribution in [-0.4, -0.2) is 48.6 Å². The Kier molecular flexibility index (Phi) is 3.28. The summed E-state index contributed by atoms with van der Waals surface area (Å²) in [5.41, 5.74) is 0. The molecule has 0 aromatic rings. The second-order valence-corrected chi connectivity index (χ2v) is 10.0. The summed E-state index contributed by atoms with van der Waals surface area (Å²) in [6.45, 7) is 2.34. The first-order valence-corrected chi connectivity index (χ1v) is 10.4. The Morgan fingerprint density at radius 1 is 1.11 bits per heavy atom. The van der Waals surface area contributed by atoms with Crippen LogP contribution in [0.5, 0.6) is 0 Å². The summed E-state index contributed by atoms with van der Waals surface area (Å²) in [4.78, 5) is 0. The molecule has 4 aliphatic rings. The predicted octanol–water partition coefficient (Wildman–Crippen LogP) is 1.67. The molecule has 0 spiro atoms. The van der Waals surface area contributed by atoms with Crippen molar-refractivity contribution < 1.29 is 8.76 Å². The van der Waals surface area contributed by atoms with E-state index >= 15 is 0 Å². The van der Waals surface area contributed by atoms with E-state index in [1.165, 1.54) is 6.42 Å². The van der Waals surface area contributed by atoms with E-state index < -0.39 is 11.1 Å². The molecule has 2 bridgehead atoms. The van der Waals surface area contributed by atoms with Gasteiger partial charge in [-0.25, -0.2) is 4.21 Å². The Hall–Kier alpha value is 0.770. The van der Waals surface area contributed by atoms with Gasteiger partial charge in [-0.05, 0) is 24.8 Å². The first kappa shape index (κ1) is 13.4. The lowest BCUT2D eigenvalue weighted by Gasteiger charge is -2.39. The van der Waals surface area contributed by atoms with Gasteiger partial charge in [-0.15, -0.1) is 0 Å². The molecule has 108 valence electrons. The van der Waals surface area contributed by atoms with Gasteiger partial charge in [0, 0.05) is 33.0 Å². The fourth-order valence-electron chi connectivity index (χ4n) is 5.15. The lowest BCUT2D eigenvalue weighted by atomic mass is 9.70. The largest absolute Gasteiger partial charge is 0.316 e. The second-order valence-electron chi connectivity index (χ2n) is 6.32. The smallest absolute Gasteiger partial charge is 0.153 e. The zero-order chi connectivity index (χ0) is 13.3. The summed E-state index contributed by atoms with van der Waals surface area (Å²) in [6, 6.07) is 0.448. The summed E-state index contributed by atoms with van der Waals surface area (Å²) in [5.74, 6) is 3.45. The van der Waals surface area contributed by atoms with Gasteiger partial charge in [0.15, 0.2) is 11.1 Å². The molecule has 3 aliphatic heterocycles. The fourth-order valence-corrected chi connectivity index (χ4v) is 10.3. The average Bonchev–Trinajstić information content (AvgIpc) is 2.80. The maximum absolute atomic E-state index is 11.3. The lowest BCUT2D eigenvalue weighted by Crippen LogP contribution is -2.52. The van der Waals surface area contributed by atoms with Gasteiger partial charge in [-0.2, -0.15) is 23.5 Å². The number of hydrogen-bond donors (Lipinski definition) is 2. The van der Waals surface area contributed by atoms with Crippen LogP contribution in [0.4, 0.5) is 0 Å². The third kappa shape index (κ3) is 1.76. The summed E-state index contributed by atoms with van der Waals surface area (Å²) >= 11 is 2.66. The molecule has 4 rings (SSSR count). The molecule has 0 radical (unpaired) electrons. The molecular formula is C13H21NO2S3. The minimum atomic E-state index is -1.66. The van der Waals surface area contributed by atoms with Gasteiger partial charge >= 0.3 is 0 Å². The van der Waals surface area contributed by atoms with E-state index in [9.17, 15) is 8.76 Å². The molecule has 10 atom stereocenters. The Balaban J connectivity index is 1.63. The van der Waals surface area contributed by atoms with E-state index in [-0.39, 0.29) is 0 Å². The van der Waals surface area contributed by atoms with Gasteiger partial charge in [-0.1, -0.05) is 13.3 Å². The quantitative estimate of drug-likeness (QED) is 0.610. The van der Waals surface area contributed by atoms with Crippen LogP contribution in [0.1, 0.15) is 13.3 Å². The predicted molar refractivity (Wildman–Crippen MR) is 83.1 cm³/mol. The van der Waals surface area contributed by atoms with Gasteiger partial charge in [0.1, 0.15) is 0 Å². The normalized spacial score (nSPS) is 59.0. The molecule has 0 aromatic heterocycles.